The molecule has 3 atom stereocenters. The number of amides is 2. The SMILES string of the molecule is CC1NC(O)N(C(C)C(N)=O)C1=O. The molecule has 1 saturated heterocycles. The van der Waals surface area contributed by atoms with Crippen LogP contribution in [0.1, 0.15) is 13.8 Å². The van der Waals surface area contributed by atoms with Crippen LogP contribution < -0.4 is 11.1 Å². The molecular formula is C7H13N3O3. The molecule has 0 aromatic heterocycles. The molecule has 6 nitrogen and oxygen atoms in total. The maximum Gasteiger partial charge on any atom is 0.243 e. The first kappa shape index (κ1) is 9.94. The van der Waals surface area contributed by atoms with E-state index in [1.165, 1.54) is 6.92 Å². The van der Waals surface area contributed by atoms with Gasteiger partial charge in [0.15, 0.2) is 6.35 Å². The lowest BCUT2D eigenvalue weighted by atomic mass is 10.2. The Kier molecular flexibility index (Phi) is 2.53. The smallest absolute Gasteiger partial charge is 0.243 e. The van der Waals surface area contributed by atoms with Crippen LogP contribution in [0.3, 0.4) is 0 Å². The maximum atomic E-state index is 11.4. The zero-order chi connectivity index (χ0) is 10.2. The number of nitrogens with one attached hydrogen (secondary N) is 1. The Morgan fingerprint density at radius 1 is 1.77 bits per heavy atom. The van der Waals surface area contributed by atoms with Gasteiger partial charge >= 0.3 is 0 Å². The van der Waals surface area contributed by atoms with E-state index in [-0.39, 0.29) is 5.91 Å². The Hall–Kier alpha value is -1.14. The summed E-state index contributed by atoms with van der Waals surface area (Å²) in [6, 6.07) is -1.27. The van der Waals surface area contributed by atoms with Crippen molar-refractivity contribution < 1.29 is 14.7 Å². The second-order valence-electron chi connectivity index (χ2n) is 3.09. The number of aliphatic hydroxyl groups is 1. The van der Waals surface area contributed by atoms with Crippen molar-refractivity contribution in [2.24, 2.45) is 5.73 Å². The molecule has 1 heterocycles. The zero-order valence-electron chi connectivity index (χ0n) is 7.52. The molecule has 2 amide bonds. The van der Waals surface area contributed by atoms with Gasteiger partial charge in [-0.2, -0.15) is 0 Å². The molecule has 1 fully saturated rings. The van der Waals surface area contributed by atoms with Crippen LogP contribution in [0.5, 0.6) is 0 Å². The summed E-state index contributed by atoms with van der Waals surface area (Å²) in [5.41, 5.74) is 5.01. The van der Waals surface area contributed by atoms with Gasteiger partial charge in [0.05, 0.1) is 6.04 Å². The first-order valence-corrected chi connectivity index (χ1v) is 4.00. The fourth-order valence-corrected chi connectivity index (χ4v) is 1.26. The topological polar surface area (TPSA) is 95.7 Å². The highest BCUT2D eigenvalue weighted by atomic mass is 16.3. The third-order valence-electron chi connectivity index (χ3n) is 2.12. The molecule has 74 valence electrons. The van der Waals surface area contributed by atoms with E-state index < -0.39 is 24.3 Å². The highest BCUT2D eigenvalue weighted by Gasteiger charge is 2.39. The van der Waals surface area contributed by atoms with E-state index in [9.17, 15) is 14.7 Å². The van der Waals surface area contributed by atoms with Crippen molar-refractivity contribution in [3.63, 3.8) is 0 Å². The summed E-state index contributed by atoms with van der Waals surface area (Å²) >= 11 is 0. The van der Waals surface area contributed by atoms with Crippen LogP contribution in [-0.4, -0.2) is 40.3 Å². The molecule has 0 aliphatic carbocycles. The Balaban J connectivity index is 2.79. The van der Waals surface area contributed by atoms with Gasteiger partial charge in [-0.05, 0) is 13.8 Å². The molecule has 0 bridgehead atoms. The fraction of sp³-hybridized carbons (Fsp3) is 0.714. The molecule has 0 aromatic carbocycles. The van der Waals surface area contributed by atoms with Gasteiger partial charge in [0.1, 0.15) is 6.04 Å². The van der Waals surface area contributed by atoms with Crippen LogP contribution in [0.4, 0.5) is 0 Å². The van der Waals surface area contributed by atoms with Crippen molar-refractivity contribution in [1.82, 2.24) is 10.2 Å². The lowest BCUT2D eigenvalue weighted by Gasteiger charge is -2.24. The zero-order valence-corrected chi connectivity index (χ0v) is 7.52. The molecule has 6 heteroatoms. The van der Waals surface area contributed by atoms with Crippen molar-refractivity contribution in [2.75, 3.05) is 0 Å². The van der Waals surface area contributed by atoms with Crippen molar-refractivity contribution in [3.05, 3.63) is 0 Å². The lowest BCUT2D eigenvalue weighted by molar-refractivity contribution is -0.143. The van der Waals surface area contributed by atoms with E-state index in [4.69, 9.17) is 5.73 Å². The predicted molar refractivity (Wildman–Crippen MR) is 44.1 cm³/mol. The molecule has 1 aliphatic heterocycles. The average Bonchev–Trinajstić information content (AvgIpc) is 2.26. The minimum absolute atomic E-state index is 0.321. The number of carbonyl (C=O) groups excluding carboxylic acids is 2. The first-order chi connectivity index (χ1) is 5.95. The number of rotatable bonds is 2. The molecule has 13 heavy (non-hydrogen) atoms. The van der Waals surface area contributed by atoms with Crippen molar-refractivity contribution in [1.29, 1.82) is 0 Å². The predicted octanol–water partition coefficient (Wildman–Crippen LogP) is -2.04. The summed E-state index contributed by atoms with van der Waals surface area (Å²) in [7, 11) is 0. The van der Waals surface area contributed by atoms with Gasteiger partial charge in [-0.1, -0.05) is 0 Å². The average molecular weight is 187 g/mol. The molecule has 0 radical (unpaired) electrons. The third-order valence-corrected chi connectivity index (χ3v) is 2.12. The van der Waals surface area contributed by atoms with E-state index in [1.807, 2.05) is 0 Å². The van der Waals surface area contributed by atoms with E-state index in [0.717, 1.165) is 4.90 Å². The van der Waals surface area contributed by atoms with Crippen molar-refractivity contribution >= 4 is 11.8 Å². The van der Waals surface area contributed by atoms with Crippen molar-refractivity contribution in [2.45, 2.75) is 32.3 Å². The second-order valence-corrected chi connectivity index (χ2v) is 3.09. The van der Waals surface area contributed by atoms with E-state index in [0.29, 0.717) is 0 Å². The number of nitrogens with zero attached hydrogens (tertiary/aromatic N) is 1. The monoisotopic (exact) mass is 187 g/mol. The molecule has 0 saturated carbocycles. The minimum Gasteiger partial charge on any atom is -0.368 e. The number of nitrogens with two attached hydrogens (primary N) is 1. The van der Waals surface area contributed by atoms with Gasteiger partial charge < -0.3 is 10.8 Å². The highest BCUT2D eigenvalue weighted by Crippen LogP contribution is 2.12. The quantitative estimate of drug-likeness (QED) is 0.464. The molecule has 0 aromatic rings. The van der Waals surface area contributed by atoms with Crippen LogP contribution in [0.25, 0.3) is 0 Å². The molecule has 4 N–H and O–H groups in total. The summed E-state index contributed by atoms with van der Waals surface area (Å²) in [5.74, 6) is -0.956. The standard InChI is InChI=1S/C7H13N3O3/c1-3-6(12)10(7(13)9-3)4(2)5(8)11/h3-4,7,9,13H,1-2H3,(H2,8,11). The number of aliphatic hydroxyl groups excluding tert-OH is 1. The molecule has 1 rings (SSSR count). The Morgan fingerprint density at radius 2 is 2.31 bits per heavy atom. The van der Waals surface area contributed by atoms with Crippen molar-refractivity contribution in [3.8, 4) is 0 Å². The number of carbonyl (C=O) groups is 2. The second kappa shape index (κ2) is 3.31. The summed E-state index contributed by atoms with van der Waals surface area (Å²) in [6.45, 7) is 3.09. The molecule has 0 spiro atoms. The van der Waals surface area contributed by atoms with Gasteiger partial charge in [0, 0.05) is 0 Å². The van der Waals surface area contributed by atoms with Crippen LogP contribution in [0.15, 0.2) is 0 Å². The number of hydrogen-bond donors (Lipinski definition) is 3. The Morgan fingerprint density at radius 3 is 2.62 bits per heavy atom. The summed E-state index contributed by atoms with van der Waals surface area (Å²) < 4.78 is 0. The Bertz CT molecular complexity index is 243. The summed E-state index contributed by atoms with van der Waals surface area (Å²) in [5, 5.41) is 11.9. The maximum absolute atomic E-state index is 11.4. The van der Waals surface area contributed by atoms with Gasteiger partial charge in [0.25, 0.3) is 0 Å². The fourth-order valence-electron chi connectivity index (χ4n) is 1.26. The van der Waals surface area contributed by atoms with Gasteiger partial charge in [-0.3, -0.25) is 19.8 Å². The van der Waals surface area contributed by atoms with Crippen LogP contribution in [-0.2, 0) is 9.59 Å². The normalized spacial score (nSPS) is 30.7. The van der Waals surface area contributed by atoms with Crippen LogP contribution in [0, 0.1) is 0 Å². The first-order valence-electron chi connectivity index (χ1n) is 4.00. The number of primary amides is 1. The Labute approximate surface area is 75.7 Å². The van der Waals surface area contributed by atoms with Gasteiger partial charge in [0.2, 0.25) is 11.8 Å². The highest BCUT2D eigenvalue weighted by molar-refractivity contribution is 5.90. The minimum atomic E-state index is -1.12. The molecular weight excluding hydrogens is 174 g/mol. The van der Waals surface area contributed by atoms with E-state index >= 15 is 0 Å². The lowest BCUT2D eigenvalue weighted by Crippen LogP contribution is -2.49. The number of hydrogen-bond acceptors (Lipinski definition) is 4. The van der Waals surface area contributed by atoms with Crippen LogP contribution >= 0.6 is 0 Å². The van der Waals surface area contributed by atoms with E-state index in [1.54, 1.807) is 6.92 Å². The largest absolute Gasteiger partial charge is 0.368 e. The molecule has 3 unspecified atom stereocenters. The molecule has 1 aliphatic rings. The summed E-state index contributed by atoms with van der Waals surface area (Å²) in [6.07, 6.45) is -1.12. The van der Waals surface area contributed by atoms with Gasteiger partial charge in [-0.25, -0.2) is 0 Å². The summed E-state index contributed by atoms with van der Waals surface area (Å²) in [4.78, 5) is 23.2. The van der Waals surface area contributed by atoms with E-state index in [2.05, 4.69) is 5.32 Å². The third kappa shape index (κ3) is 1.63. The van der Waals surface area contributed by atoms with Gasteiger partial charge in [-0.15, -0.1) is 0 Å². The van der Waals surface area contributed by atoms with Crippen LogP contribution in [0.2, 0.25) is 0 Å².